The van der Waals surface area contributed by atoms with Gasteiger partial charge >= 0.3 is 0 Å². The smallest absolute Gasteiger partial charge is 0.193 e. The van der Waals surface area contributed by atoms with Crippen LogP contribution in [0.2, 0.25) is 0 Å². The van der Waals surface area contributed by atoms with E-state index < -0.39 is 0 Å². The molecular formula is C23H27NO3. The van der Waals surface area contributed by atoms with Crippen molar-refractivity contribution in [2.24, 2.45) is 0 Å². The van der Waals surface area contributed by atoms with Crippen LogP contribution >= 0.6 is 0 Å². The molecule has 0 spiro atoms. The molecule has 0 aromatic heterocycles. The quantitative estimate of drug-likeness (QED) is 0.327. The summed E-state index contributed by atoms with van der Waals surface area (Å²) in [5.41, 5.74) is 1.35. The lowest BCUT2D eigenvalue weighted by atomic mass is 10.0. The van der Waals surface area contributed by atoms with Gasteiger partial charge < -0.3 is 9.47 Å². The van der Waals surface area contributed by atoms with Crippen molar-refractivity contribution in [3.63, 3.8) is 0 Å². The van der Waals surface area contributed by atoms with Gasteiger partial charge in [0.05, 0.1) is 13.2 Å². The van der Waals surface area contributed by atoms with E-state index >= 15 is 0 Å². The van der Waals surface area contributed by atoms with Gasteiger partial charge in [0.25, 0.3) is 0 Å². The number of carbonyl (C=O) groups is 1. The van der Waals surface area contributed by atoms with Gasteiger partial charge in [0, 0.05) is 30.6 Å². The van der Waals surface area contributed by atoms with Crippen LogP contribution in [0, 0.1) is 12.3 Å². The average Bonchev–Trinajstić information content (AvgIpc) is 2.73. The van der Waals surface area contributed by atoms with E-state index in [1.807, 2.05) is 54.6 Å². The molecule has 4 nitrogen and oxygen atoms in total. The summed E-state index contributed by atoms with van der Waals surface area (Å²) < 4.78 is 11.3. The molecule has 0 bridgehead atoms. The van der Waals surface area contributed by atoms with Crippen molar-refractivity contribution < 1.29 is 14.3 Å². The number of hydrogen-bond acceptors (Lipinski definition) is 4. The Bertz CT molecular complexity index is 720. The number of nitrogens with zero attached hydrogens (tertiary/aromatic N) is 1. The first-order valence-corrected chi connectivity index (χ1v) is 9.30. The van der Waals surface area contributed by atoms with Crippen LogP contribution in [0.15, 0.2) is 54.6 Å². The maximum absolute atomic E-state index is 12.4. The second-order valence-corrected chi connectivity index (χ2v) is 6.07. The lowest BCUT2D eigenvalue weighted by Crippen LogP contribution is -2.31. The molecule has 0 fully saturated rings. The van der Waals surface area contributed by atoms with Crippen LogP contribution < -0.4 is 4.74 Å². The van der Waals surface area contributed by atoms with E-state index in [1.165, 1.54) is 0 Å². The van der Waals surface area contributed by atoms with Gasteiger partial charge in [-0.2, -0.15) is 0 Å². The Morgan fingerprint density at radius 3 is 2.30 bits per heavy atom. The summed E-state index contributed by atoms with van der Waals surface area (Å²) in [6.45, 7) is 6.60. The molecule has 0 atom stereocenters. The molecule has 0 heterocycles. The summed E-state index contributed by atoms with van der Waals surface area (Å²) in [7, 11) is 0. The van der Waals surface area contributed by atoms with Crippen molar-refractivity contribution in [2.75, 3.05) is 39.5 Å². The van der Waals surface area contributed by atoms with Gasteiger partial charge in [-0.3, -0.25) is 9.69 Å². The molecular weight excluding hydrogens is 338 g/mol. The molecule has 4 heteroatoms. The number of likely N-dealkylation sites (N-methyl/N-ethyl adjacent to an activating group) is 1. The van der Waals surface area contributed by atoms with Crippen molar-refractivity contribution in [3.8, 4) is 18.1 Å². The summed E-state index contributed by atoms with van der Waals surface area (Å²) in [5, 5.41) is 0. The molecule has 0 saturated carbocycles. The minimum absolute atomic E-state index is 0.0177. The molecule has 0 aliphatic carbocycles. The third-order valence-electron chi connectivity index (χ3n) is 4.22. The van der Waals surface area contributed by atoms with Gasteiger partial charge in [-0.15, -0.1) is 12.3 Å². The Morgan fingerprint density at radius 1 is 0.963 bits per heavy atom. The fourth-order valence-corrected chi connectivity index (χ4v) is 2.61. The third kappa shape index (κ3) is 7.26. The highest BCUT2D eigenvalue weighted by atomic mass is 16.5. The molecule has 0 amide bonds. The zero-order valence-electron chi connectivity index (χ0n) is 15.9. The molecule has 142 valence electrons. The molecule has 0 aliphatic rings. The van der Waals surface area contributed by atoms with E-state index in [4.69, 9.17) is 15.9 Å². The summed E-state index contributed by atoms with van der Waals surface area (Å²) in [6.07, 6.45) is 5.85. The van der Waals surface area contributed by atoms with Gasteiger partial charge in [0.1, 0.15) is 12.4 Å². The summed E-state index contributed by atoms with van der Waals surface area (Å²) in [5.74, 6) is 3.35. The number of carbonyl (C=O) groups excluding carboxylic acids is 1. The largest absolute Gasteiger partial charge is 0.492 e. The highest BCUT2D eigenvalue weighted by Crippen LogP contribution is 2.15. The van der Waals surface area contributed by atoms with Crippen LogP contribution in [0.3, 0.4) is 0 Å². The molecule has 0 N–H and O–H groups in total. The number of hydrogen-bond donors (Lipinski definition) is 0. The average molecular weight is 365 g/mol. The molecule has 2 aromatic rings. The topological polar surface area (TPSA) is 38.8 Å². The van der Waals surface area contributed by atoms with Gasteiger partial charge in [-0.25, -0.2) is 0 Å². The fourth-order valence-electron chi connectivity index (χ4n) is 2.61. The number of terminal acetylenes is 1. The normalized spacial score (nSPS) is 10.6. The predicted molar refractivity (Wildman–Crippen MR) is 108 cm³/mol. The molecule has 0 aliphatic heterocycles. The Labute approximate surface area is 162 Å². The number of benzene rings is 2. The number of rotatable bonds is 12. The lowest BCUT2D eigenvalue weighted by molar-refractivity contribution is 0.103. The highest BCUT2D eigenvalue weighted by Gasteiger charge is 2.08. The molecule has 2 rings (SSSR count). The van der Waals surface area contributed by atoms with Gasteiger partial charge in [0.2, 0.25) is 0 Å². The zero-order valence-corrected chi connectivity index (χ0v) is 15.9. The predicted octanol–water partition coefficient (Wildman–Crippen LogP) is 3.66. The highest BCUT2D eigenvalue weighted by molar-refractivity contribution is 6.08. The Hall–Kier alpha value is -2.61. The Morgan fingerprint density at radius 2 is 1.63 bits per heavy atom. The Kier molecular flexibility index (Phi) is 9.12. The second kappa shape index (κ2) is 11.9. The first kappa shape index (κ1) is 20.7. The van der Waals surface area contributed by atoms with E-state index in [2.05, 4.69) is 17.7 Å². The van der Waals surface area contributed by atoms with Crippen LogP contribution in [0.1, 0.15) is 29.3 Å². The van der Waals surface area contributed by atoms with Crippen LogP contribution in [-0.2, 0) is 4.74 Å². The van der Waals surface area contributed by atoms with Crippen molar-refractivity contribution in [1.82, 2.24) is 4.90 Å². The van der Waals surface area contributed by atoms with Crippen molar-refractivity contribution >= 4 is 5.78 Å². The van der Waals surface area contributed by atoms with Crippen LogP contribution in [0.25, 0.3) is 0 Å². The number of ketones is 1. The third-order valence-corrected chi connectivity index (χ3v) is 4.22. The van der Waals surface area contributed by atoms with E-state index in [0.29, 0.717) is 37.4 Å². The van der Waals surface area contributed by atoms with E-state index in [0.717, 1.165) is 25.4 Å². The maximum atomic E-state index is 12.4. The van der Waals surface area contributed by atoms with E-state index in [9.17, 15) is 4.79 Å². The molecule has 27 heavy (non-hydrogen) atoms. The molecule has 0 unspecified atom stereocenters. The number of ether oxygens (including phenoxy) is 2. The molecule has 0 radical (unpaired) electrons. The van der Waals surface area contributed by atoms with Gasteiger partial charge in [0.15, 0.2) is 5.78 Å². The summed E-state index contributed by atoms with van der Waals surface area (Å²) in [6, 6.07) is 16.6. The SMILES string of the molecule is C#CCCOCCN(CC)CCOc1ccc(C(=O)c2ccccc2)cc1. The van der Waals surface area contributed by atoms with E-state index in [-0.39, 0.29) is 5.78 Å². The van der Waals surface area contributed by atoms with Crippen molar-refractivity contribution in [2.45, 2.75) is 13.3 Å². The standard InChI is InChI=1S/C23H27NO3/c1-3-5-17-26-18-15-24(4-2)16-19-27-22-13-11-21(12-14-22)23(25)20-9-7-6-8-10-20/h1,6-14H,4-5,15-19H2,2H3. The van der Waals surface area contributed by atoms with Crippen molar-refractivity contribution in [3.05, 3.63) is 65.7 Å². The Balaban J connectivity index is 1.74. The van der Waals surface area contributed by atoms with E-state index in [1.54, 1.807) is 0 Å². The van der Waals surface area contributed by atoms with Crippen LogP contribution in [0.4, 0.5) is 0 Å². The maximum Gasteiger partial charge on any atom is 0.193 e. The first-order valence-electron chi connectivity index (χ1n) is 9.30. The van der Waals surface area contributed by atoms with Crippen molar-refractivity contribution in [1.29, 1.82) is 0 Å². The molecule has 0 saturated heterocycles. The van der Waals surface area contributed by atoms with Crippen LogP contribution in [0.5, 0.6) is 5.75 Å². The second-order valence-electron chi connectivity index (χ2n) is 6.07. The van der Waals surface area contributed by atoms with Crippen LogP contribution in [-0.4, -0.2) is 50.1 Å². The molecule has 2 aromatic carbocycles. The summed E-state index contributed by atoms with van der Waals surface area (Å²) in [4.78, 5) is 14.7. The lowest BCUT2D eigenvalue weighted by Gasteiger charge is -2.20. The van der Waals surface area contributed by atoms with Gasteiger partial charge in [-0.05, 0) is 30.8 Å². The fraction of sp³-hybridized carbons (Fsp3) is 0.348. The monoisotopic (exact) mass is 365 g/mol. The minimum Gasteiger partial charge on any atom is -0.492 e. The minimum atomic E-state index is 0.0177. The first-order chi connectivity index (χ1) is 13.2. The van der Waals surface area contributed by atoms with Gasteiger partial charge in [-0.1, -0.05) is 37.3 Å². The zero-order chi connectivity index (χ0) is 19.3. The summed E-state index contributed by atoms with van der Waals surface area (Å²) >= 11 is 0.